The molecule has 132 valence electrons. The third-order valence-electron chi connectivity index (χ3n) is 4.53. The van der Waals surface area contributed by atoms with E-state index in [1.54, 1.807) is 0 Å². The van der Waals surface area contributed by atoms with Crippen LogP contribution in [0.4, 0.5) is 4.79 Å². The number of benzene rings is 1. The largest absolute Gasteiger partial charge is 0.436 e. The molecule has 1 aliphatic heterocycles. The van der Waals surface area contributed by atoms with Crippen molar-refractivity contribution < 1.29 is 19.1 Å². The Bertz CT molecular complexity index is 570. The van der Waals surface area contributed by atoms with Gasteiger partial charge in [0.05, 0.1) is 12.6 Å². The molecule has 6 heteroatoms. The number of carbonyl (C=O) groups is 2. The van der Waals surface area contributed by atoms with Crippen molar-refractivity contribution in [1.82, 2.24) is 5.32 Å². The minimum absolute atomic E-state index is 0.00637. The van der Waals surface area contributed by atoms with Crippen molar-refractivity contribution in [1.29, 1.82) is 0 Å². The van der Waals surface area contributed by atoms with E-state index in [0.29, 0.717) is 19.4 Å². The Balaban J connectivity index is 2.08. The molecule has 2 amide bonds. The average molecular weight is 334 g/mol. The lowest BCUT2D eigenvalue weighted by Gasteiger charge is -2.32. The average Bonchev–Trinajstić information content (AvgIpc) is 3.37. The highest BCUT2D eigenvalue weighted by molar-refractivity contribution is 5.84. The molecule has 0 aromatic heterocycles. The topological polar surface area (TPSA) is 94.0 Å². The smallest absolute Gasteiger partial charge is 0.405 e. The van der Waals surface area contributed by atoms with Crippen molar-refractivity contribution in [3.63, 3.8) is 0 Å². The first kappa shape index (κ1) is 18.3. The highest BCUT2D eigenvalue weighted by Gasteiger charge is 2.40. The molecular formula is C18H26N2O4. The van der Waals surface area contributed by atoms with Gasteiger partial charge in [-0.3, -0.25) is 4.79 Å². The molecule has 1 fully saturated rings. The molecular weight excluding hydrogens is 308 g/mol. The standard InChI is InChI=1S/C18H26N2O4/c1-4-18(2,3)15(24-17(19)22)16(21)20-13(14-11-23-14)10-12-8-6-5-7-9-12/h5-9,13-15H,4,10-11H2,1-3H3,(H2,19,22)(H,20,21)/t13-,14-,15+/m0/s1. The first-order chi connectivity index (χ1) is 11.3. The summed E-state index contributed by atoms with van der Waals surface area (Å²) < 4.78 is 10.5. The van der Waals surface area contributed by atoms with E-state index in [4.69, 9.17) is 15.2 Å². The summed E-state index contributed by atoms with van der Waals surface area (Å²) in [6, 6.07) is 9.73. The van der Waals surface area contributed by atoms with Gasteiger partial charge in [0.15, 0.2) is 6.10 Å². The summed E-state index contributed by atoms with van der Waals surface area (Å²) in [5, 5.41) is 2.98. The van der Waals surface area contributed by atoms with Crippen LogP contribution in [0, 0.1) is 5.41 Å². The predicted octanol–water partition coefficient (Wildman–Crippen LogP) is 2.01. The highest BCUT2D eigenvalue weighted by Crippen LogP contribution is 2.28. The van der Waals surface area contributed by atoms with Gasteiger partial charge in [0, 0.05) is 5.41 Å². The lowest BCUT2D eigenvalue weighted by atomic mass is 9.83. The van der Waals surface area contributed by atoms with E-state index < -0.39 is 17.6 Å². The number of epoxide rings is 1. The van der Waals surface area contributed by atoms with Gasteiger partial charge >= 0.3 is 6.09 Å². The fraction of sp³-hybridized carbons (Fsp3) is 0.556. The third-order valence-corrected chi connectivity index (χ3v) is 4.53. The lowest BCUT2D eigenvalue weighted by molar-refractivity contribution is -0.136. The molecule has 24 heavy (non-hydrogen) atoms. The van der Waals surface area contributed by atoms with Crippen molar-refractivity contribution in [2.24, 2.45) is 11.1 Å². The van der Waals surface area contributed by atoms with Crippen LogP contribution in [0.5, 0.6) is 0 Å². The Morgan fingerprint density at radius 1 is 1.38 bits per heavy atom. The Kier molecular flexibility index (Phi) is 5.83. The van der Waals surface area contributed by atoms with Gasteiger partial charge in [-0.2, -0.15) is 0 Å². The second-order valence-electron chi connectivity index (χ2n) is 6.84. The molecule has 0 saturated carbocycles. The number of nitrogens with two attached hydrogens (primary N) is 1. The minimum atomic E-state index is -0.945. The van der Waals surface area contributed by atoms with E-state index in [1.165, 1.54) is 0 Å². The molecule has 2 rings (SSSR count). The highest BCUT2D eigenvalue weighted by atomic mass is 16.6. The fourth-order valence-corrected chi connectivity index (χ4v) is 2.56. The molecule has 1 aromatic carbocycles. The van der Waals surface area contributed by atoms with Crippen LogP contribution in [-0.2, 0) is 20.7 Å². The van der Waals surface area contributed by atoms with Crippen LogP contribution in [0.1, 0.15) is 32.8 Å². The third kappa shape index (κ3) is 4.96. The Morgan fingerprint density at radius 3 is 2.50 bits per heavy atom. The molecule has 1 heterocycles. The van der Waals surface area contributed by atoms with Crippen LogP contribution in [-0.4, -0.2) is 36.9 Å². The molecule has 1 aromatic rings. The summed E-state index contributed by atoms with van der Waals surface area (Å²) in [4.78, 5) is 23.9. The fourth-order valence-electron chi connectivity index (χ4n) is 2.56. The van der Waals surface area contributed by atoms with Gasteiger partial charge in [-0.15, -0.1) is 0 Å². The number of hydrogen-bond acceptors (Lipinski definition) is 4. The van der Waals surface area contributed by atoms with Gasteiger partial charge < -0.3 is 20.5 Å². The second kappa shape index (κ2) is 7.66. The summed E-state index contributed by atoms with van der Waals surface area (Å²) in [7, 11) is 0. The van der Waals surface area contributed by atoms with Crippen LogP contribution in [0.2, 0.25) is 0 Å². The number of hydrogen-bond donors (Lipinski definition) is 2. The van der Waals surface area contributed by atoms with Crippen molar-refractivity contribution in [2.75, 3.05) is 6.61 Å². The maximum absolute atomic E-state index is 12.7. The van der Waals surface area contributed by atoms with E-state index >= 15 is 0 Å². The summed E-state index contributed by atoms with van der Waals surface area (Å²) in [5.41, 5.74) is 5.74. The first-order valence-electron chi connectivity index (χ1n) is 8.25. The van der Waals surface area contributed by atoms with Crippen molar-refractivity contribution in [3.8, 4) is 0 Å². The Labute approximate surface area is 142 Å². The van der Waals surface area contributed by atoms with Crippen LogP contribution >= 0.6 is 0 Å². The molecule has 0 unspecified atom stereocenters. The Hall–Kier alpha value is -2.08. The SMILES string of the molecule is CCC(C)(C)[C@H](OC(N)=O)C(=O)N[C@@H](Cc1ccccc1)[C@@H]1CO1. The van der Waals surface area contributed by atoms with Gasteiger partial charge in [-0.1, -0.05) is 51.1 Å². The number of amides is 2. The van der Waals surface area contributed by atoms with E-state index in [0.717, 1.165) is 5.56 Å². The zero-order chi connectivity index (χ0) is 17.7. The first-order valence-corrected chi connectivity index (χ1v) is 8.25. The number of rotatable bonds is 8. The van der Waals surface area contributed by atoms with E-state index in [1.807, 2.05) is 51.1 Å². The van der Waals surface area contributed by atoms with Crippen LogP contribution in [0.3, 0.4) is 0 Å². The number of ether oxygens (including phenoxy) is 2. The molecule has 0 spiro atoms. The zero-order valence-corrected chi connectivity index (χ0v) is 14.5. The maximum atomic E-state index is 12.7. The molecule has 0 aliphatic carbocycles. The summed E-state index contributed by atoms with van der Waals surface area (Å²) in [6.07, 6.45) is -0.557. The number of carbonyl (C=O) groups excluding carboxylic acids is 2. The van der Waals surface area contributed by atoms with Crippen LogP contribution in [0.25, 0.3) is 0 Å². The summed E-state index contributed by atoms with van der Waals surface area (Å²) in [5.74, 6) is -0.336. The zero-order valence-electron chi connectivity index (χ0n) is 14.5. The monoisotopic (exact) mass is 334 g/mol. The van der Waals surface area contributed by atoms with Crippen LogP contribution < -0.4 is 11.1 Å². The molecule has 3 N–H and O–H groups in total. The number of nitrogens with one attached hydrogen (secondary N) is 1. The van der Waals surface area contributed by atoms with Gasteiger partial charge in [-0.25, -0.2) is 4.79 Å². The van der Waals surface area contributed by atoms with E-state index in [9.17, 15) is 9.59 Å². The molecule has 3 atom stereocenters. The molecule has 0 radical (unpaired) electrons. The van der Waals surface area contributed by atoms with Gasteiger partial charge in [0.25, 0.3) is 5.91 Å². The molecule has 0 bridgehead atoms. The van der Waals surface area contributed by atoms with Crippen LogP contribution in [0.15, 0.2) is 30.3 Å². The van der Waals surface area contributed by atoms with Gasteiger partial charge in [0.1, 0.15) is 6.10 Å². The van der Waals surface area contributed by atoms with E-state index in [-0.39, 0.29) is 18.1 Å². The summed E-state index contributed by atoms with van der Waals surface area (Å²) >= 11 is 0. The Morgan fingerprint density at radius 2 is 2.00 bits per heavy atom. The second-order valence-corrected chi connectivity index (χ2v) is 6.84. The van der Waals surface area contributed by atoms with E-state index in [2.05, 4.69) is 5.32 Å². The maximum Gasteiger partial charge on any atom is 0.405 e. The predicted molar refractivity (Wildman–Crippen MR) is 90.3 cm³/mol. The van der Waals surface area contributed by atoms with Crippen molar-refractivity contribution in [3.05, 3.63) is 35.9 Å². The normalized spacial score (nSPS) is 19.2. The van der Waals surface area contributed by atoms with Gasteiger partial charge in [0.2, 0.25) is 0 Å². The quantitative estimate of drug-likeness (QED) is 0.711. The lowest BCUT2D eigenvalue weighted by Crippen LogP contribution is -2.52. The molecule has 1 saturated heterocycles. The minimum Gasteiger partial charge on any atom is -0.436 e. The van der Waals surface area contributed by atoms with Gasteiger partial charge in [-0.05, 0) is 18.4 Å². The van der Waals surface area contributed by atoms with Crippen molar-refractivity contribution >= 4 is 12.0 Å². The summed E-state index contributed by atoms with van der Waals surface area (Å²) in [6.45, 7) is 6.31. The van der Waals surface area contributed by atoms with Crippen molar-refractivity contribution in [2.45, 2.75) is 51.9 Å². The molecule has 6 nitrogen and oxygen atoms in total. The molecule has 1 aliphatic rings. The number of primary amides is 1.